The number of aliphatic hydroxyl groups is 1. The fraction of sp³-hybridized carbons (Fsp3) is 0.778. The second-order valence-electron chi connectivity index (χ2n) is 3.65. The van der Waals surface area contributed by atoms with Crippen LogP contribution in [0.1, 0.15) is 25.7 Å². The van der Waals surface area contributed by atoms with Crippen LogP contribution >= 0.6 is 0 Å². The van der Waals surface area contributed by atoms with Crippen molar-refractivity contribution < 1.29 is 5.11 Å². The summed E-state index contributed by atoms with van der Waals surface area (Å²) < 4.78 is 0. The molecule has 0 aliphatic heterocycles. The van der Waals surface area contributed by atoms with E-state index in [1.807, 2.05) is 0 Å². The molecule has 54 valence electrons. The summed E-state index contributed by atoms with van der Waals surface area (Å²) in [6.07, 6.45) is 9.71. The highest BCUT2D eigenvalue weighted by molar-refractivity contribution is 5.17. The Morgan fingerprint density at radius 2 is 2.30 bits per heavy atom. The molecule has 2 rings (SSSR count). The lowest BCUT2D eigenvalue weighted by Gasteiger charge is -2.26. The number of rotatable bonds is 0. The summed E-state index contributed by atoms with van der Waals surface area (Å²) in [5.41, 5.74) is -0.719. The second-order valence-corrected chi connectivity index (χ2v) is 3.65. The van der Waals surface area contributed by atoms with Gasteiger partial charge in [0.25, 0.3) is 0 Å². The zero-order valence-electron chi connectivity index (χ0n) is 6.01. The Bertz CT molecular complexity index is 191. The summed E-state index contributed by atoms with van der Waals surface area (Å²) in [7, 11) is 0. The van der Waals surface area contributed by atoms with Gasteiger partial charge in [-0.1, -0.05) is 5.92 Å². The smallest absolute Gasteiger partial charge is 0.128 e. The Morgan fingerprint density at radius 1 is 1.50 bits per heavy atom. The van der Waals surface area contributed by atoms with Crippen LogP contribution in [0.25, 0.3) is 0 Å². The molecule has 10 heavy (non-hydrogen) atoms. The predicted molar refractivity (Wildman–Crippen MR) is 39.2 cm³/mol. The summed E-state index contributed by atoms with van der Waals surface area (Å²) in [5, 5.41) is 9.75. The fourth-order valence-electron chi connectivity index (χ4n) is 2.48. The third-order valence-corrected chi connectivity index (χ3v) is 3.07. The first-order valence-electron chi connectivity index (χ1n) is 3.95. The van der Waals surface area contributed by atoms with Gasteiger partial charge in [0.2, 0.25) is 0 Å². The highest BCUT2D eigenvalue weighted by Crippen LogP contribution is 2.50. The van der Waals surface area contributed by atoms with Gasteiger partial charge in [-0.2, -0.15) is 0 Å². The average Bonchev–Trinajstić information content (AvgIpc) is 2.46. The number of terminal acetylenes is 1. The molecule has 0 aromatic rings. The molecule has 0 heterocycles. The van der Waals surface area contributed by atoms with Gasteiger partial charge in [-0.05, 0) is 37.5 Å². The maximum Gasteiger partial charge on any atom is 0.128 e. The third-order valence-electron chi connectivity index (χ3n) is 3.07. The molecule has 2 fully saturated rings. The average molecular weight is 136 g/mol. The van der Waals surface area contributed by atoms with Crippen molar-refractivity contribution in [3.8, 4) is 12.3 Å². The van der Waals surface area contributed by atoms with Crippen LogP contribution in [0.4, 0.5) is 0 Å². The van der Waals surface area contributed by atoms with Crippen molar-refractivity contribution in [1.29, 1.82) is 0 Å². The monoisotopic (exact) mass is 136 g/mol. The van der Waals surface area contributed by atoms with Crippen molar-refractivity contribution in [2.45, 2.75) is 31.3 Å². The van der Waals surface area contributed by atoms with Gasteiger partial charge in [0.1, 0.15) is 5.60 Å². The molecule has 0 unspecified atom stereocenters. The molecule has 2 saturated carbocycles. The van der Waals surface area contributed by atoms with Crippen molar-refractivity contribution in [3.05, 3.63) is 0 Å². The normalized spacial score (nSPS) is 51.2. The highest BCUT2D eigenvalue weighted by Gasteiger charge is 2.48. The minimum Gasteiger partial charge on any atom is -0.377 e. The topological polar surface area (TPSA) is 20.2 Å². The zero-order valence-corrected chi connectivity index (χ0v) is 6.01. The number of fused-ring (bicyclic) bond motifs is 2. The van der Waals surface area contributed by atoms with Gasteiger partial charge >= 0.3 is 0 Å². The van der Waals surface area contributed by atoms with Crippen LogP contribution in [0.15, 0.2) is 0 Å². The van der Waals surface area contributed by atoms with Gasteiger partial charge < -0.3 is 5.11 Å². The molecule has 1 N–H and O–H groups in total. The van der Waals surface area contributed by atoms with E-state index in [4.69, 9.17) is 6.42 Å². The summed E-state index contributed by atoms with van der Waals surface area (Å²) in [4.78, 5) is 0. The van der Waals surface area contributed by atoms with E-state index in [0.717, 1.165) is 18.8 Å². The molecular formula is C9H12O. The van der Waals surface area contributed by atoms with E-state index in [9.17, 15) is 5.11 Å². The van der Waals surface area contributed by atoms with Gasteiger partial charge in [-0.15, -0.1) is 6.42 Å². The van der Waals surface area contributed by atoms with Crippen LogP contribution in [-0.2, 0) is 0 Å². The van der Waals surface area contributed by atoms with E-state index in [1.54, 1.807) is 0 Å². The van der Waals surface area contributed by atoms with Crippen LogP contribution in [0.5, 0.6) is 0 Å². The molecule has 2 aliphatic carbocycles. The molecule has 1 nitrogen and oxygen atoms in total. The third kappa shape index (κ3) is 0.630. The van der Waals surface area contributed by atoms with Gasteiger partial charge in [0, 0.05) is 0 Å². The van der Waals surface area contributed by atoms with E-state index in [1.165, 1.54) is 12.8 Å². The molecule has 3 atom stereocenters. The van der Waals surface area contributed by atoms with Crippen LogP contribution in [0.3, 0.4) is 0 Å². The molecule has 0 aromatic carbocycles. The fourth-order valence-corrected chi connectivity index (χ4v) is 2.48. The summed E-state index contributed by atoms with van der Waals surface area (Å²) in [5.74, 6) is 3.67. The number of hydrogen-bond donors (Lipinski definition) is 1. The molecule has 0 amide bonds. The first-order valence-corrected chi connectivity index (χ1v) is 3.95. The molecule has 0 saturated heterocycles. The van der Waals surface area contributed by atoms with Crippen molar-refractivity contribution in [3.63, 3.8) is 0 Å². The minimum atomic E-state index is -0.719. The largest absolute Gasteiger partial charge is 0.377 e. The van der Waals surface area contributed by atoms with Gasteiger partial charge in [0.05, 0.1) is 0 Å². The van der Waals surface area contributed by atoms with Crippen molar-refractivity contribution in [2.75, 3.05) is 0 Å². The van der Waals surface area contributed by atoms with Crippen molar-refractivity contribution in [1.82, 2.24) is 0 Å². The minimum absolute atomic E-state index is 0.419. The Hall–Kier alpha value is -0.480. The van der Waals surface area contributed by atoms with Crippen LogP contribution in [-0.4, -0.2) is 10.7 Å². The van der Waals surface area contributed by atoms with E-state index < -0.39 is 5.60 Å². The molecular weight excluding hydrogens is 124 g/mol. The highest BCUT2D eigenvalue weighted by atomic mass is 16.3. The van der Waals surface area contributed by atoms with Crippen LogP contribution in [0.2, 0.25) is 0 Å². The van der Waals surface area contributed by atoms with Gasteiger partial charge in [-0.3, -0.25) is 0 Å². The van der Waals surface area contributed by atoms with Crippen molar-refractivity contribution in [2.24, 2.45) is 11.8 Å². The quantitative estimate of drug-likeness (QED) is 0.496. The molecule has 2 bridgehead atoms. The lowest BCUT2D eigenvalue weighted by molar-refractivity contribution is 0.0439. The van der Waals surface area contributed by atoms with Crippen LogP contribution < -0.4 is 0 Å². The zero-order chi connectivity index (χ0) is 7.19. The second kappa shape index (κ2) is 1.77. The summed E-state index contributed by atoms with van der Waals surface area (Å²) >= 11 is 0. The summed E-state index contributed by atoms with van der Waals surface area (Å²) in [6, 6.07) is 0. The Morgan fingerprint density at radius 3 is 2.60 bits per heavy atom. The van der Waals surface area contributed by atoms with E-state index in [0.29, 0.717) is 5.92 Å². The van der Waals surface area contributed by atoms with Gasteiger partial charge in [-0.25, -0.2) is 0 Å². The molecule has 0 aromatic heterocycles. The molecule has 0 radical (unpaired) electrons. The lowest BCUT2D eigenvalue weighted by Crippen LogP contribution is -2.32. The van der Waals surface area contributed by atoms with Crippen LogP contribution in [0, 0.1) is 24.2 Å². The standard InChI is InChI=1S/C9H12O/c1-2-9(10)6-7-3-4-8(9)5-7/h1,7-8,10H,3-6H2/t7-,8-,9-/m0/s1. The number of hydrogen-bond acceptors (Lipinski definition) is 1. The first-order chi connectivity index (χ1) is 4.74. The van der Waals surface area contributed by atoms with E-state index in [2.05, 4.69) is 5.92 Å². The maximum absolute atomic E-state index is 9.75. The van der Waals surface area contributed by atoms with E-state index >= 15 is 0 Å². The molecule has 0 spiro atoms. The Kier molecular flexibility index (Phi) is 1.10. The summed E-state index contributed by atoms with van der Waals surface area (Å²) in [6.45, 7) is 0. The van der Waals surface area contributed by atoms with Gasteiger partial charge in [0.15, 0.2) is 0 Å². The first kappa shape index (κ1) is 6.24. The SMILES string of the molecule is C#C[C@]1(O)C[C@H]2CC[C@H]1C2. The van der Waals surface area contributed by atoms with E-state index in [-0.39, 0.29) is 0 Å². The molecule has 2 aliphatic rings. The predicted octanol–water partition coefficient (Wildman–Crippen LogP) is 1.17. The van der Waals surface area contributed by atoms with Crippen molar-refractivity contribution >= 4 is 0 Å². The molecule has 1 heteroatoms. The Labute approximate surface area is 61.4 Å². The maximum atomic E-state index is 9.75. The Balaban J connectivity index is 2.24. The lowest BCUT2D eigenvalue weighted by atomic mass is 9.85.